The van der Waals surface area contributed by atoms with Gasteiger partial charge in [-0.25, -0.2) is 4.79 Å². The van der Waals surface area contributed by atoms with Crippen LogP contribution < -0.4 is 10.6 Å². The van der Waals surface area contributed by atoms with E-state index in [1.54, 1.807) is 11.8 Å². The van der Waals surface area contributed by atoms with Crippen LogP contribution in [0.5, 0.6) is 0 Å². The smallest absolute Gasteiger partial charge is 0.409 e. The molecule has 0 aliphatic carbocycles. The molecule has 0 atom stereocenters. The molecule has 1 aliphatic heterocycles. The van der Waals surface area contributed by atoms with Gasteiger partial charge in [-0.15, -0.1) is 0 Å². The molecule has 0 spiro atoms. The molecule has 7 nitrogen and oxygen atoms in total. The fourth-order valence-electron chi connectivity index (χ4n) is 3.07. The minimum atomic E-state index is -0.308. The van der Waals surface area contributed by atoms with Crippen LogP contribution in [0.4, 0.5) is 4.79 Å². The summed E-state index contributed by atoms with van der Waals surface area (Å²) >= 11 is 0. The summed E-state index contributed by atoms with van der Waals surface area (Å²) in [6, 6.07) is 10.1. The van der Waals surface area contributed by atoms with Gasteiger partial charge in [-0.2, -0.15) is 0 Å². The van der Waals surface area contributed by atoms with Crippen molar-refractivity contribution < 1.29 is 19.1 Å². The zero-order valence-electron chi connectivity index (χ0n) is 15.9. The van der Waals surface area contributed by atoms with Crippen LogP contribution >= 0.6 is 0 Å². The molecule has 1 aromatic rings. The third-order valence-electron chi connectivity index (χ3n) is 4.51. The predicted molar refractivity (Wildman–Crippen MR) is 102 cm³/mol. The van der Waals surface area contributed by atoms with E-state index in [1.807, 2.05) is 18.2 Å². The zero-order valence-corrected chi connectivity index (χ0v) is 15.9. The second-order valence-electron chi connectivity index (χ2n) is 6.64. The Kier molecular flexibility index (Phi) is 8.61. The van der Waals surface area contributed by atoms with E-state index < -0.39 is 0 Å². The topological polar surface area (TPSA) is 87.7 Å². The molecule has 0 saturated carbocycles. The molecule has 0 radical (unpaired) electrons. The molecule has 1 saturated heterocycles. The van der Waals surface area contributed by atoms with Gasteiger partial charge >= 0.3 is 6.09 Å². The summed E-state index contributed by atoms with van der Waals surface area (Å²) in [5.41, 5.74) is 1.23. The van der Waals surface area contributed by atoms with Crippen LogP contribution in [0.15, 0.2) is 30.3 Å². The normalized spacial score (nSPS) is 14.5. The lowest BCUT2D eigenvalue weighted by atomic mass is 10.1. The first kappa shape index (κ1) is 20.7. The van der Waals surface area contributed by atoms with Gasteiger partial charge in [0, 0.05) is 25.7 Å². The van der Waals surface area contributed by atoms with Gasteiger partial charge < -0.3 is 20.3 Å². The number of carbonyl (C=O) groups is 3. The number of rotatable bonds is 8. The summed E-state index contributed by atoms with van der Waals surface area (Å²) in [6.45, 7) is 3.79. The van der Waals surface area contributed by atoms with E-state index in [-0.39, 0.29) is 30.4 Å². The number of hydrogen-bond acceptors (Lipinski definition) is 4. The Morgan fingerprint density at radius 2 is 1.81 bits per heavy atom. The molecule has 148 valence electrons. The van der Waals surface area contributed by atoms with Gasteiger partial charge in [0.05, 0.1) is 6.61 Å². The number of nitrogens with one attached hydrogen (secondary N) is 2. The van der Waals surface area contributed by atoms with Gasteiger partial charge in [0.2, 0.25) is 11.8 Å². The third-order valence-corrected chi connectivity index (χ3v) is 4.51. The fraction of sp³-hybridized carbons (Fsp3) is 0.550. The van der Waals surface area contributed by atoms with Crippen molar-refractivity contribution >= 4 is 17.9 Å². The molecule has 1 aliphatic rings. The lowest BCUT2D eigenvalue weighted by molar-refractivity contribution is -0.129. The summed E-state index contributed by atoms with van der Waals surface area (Å²) in [7, 11) is 0. The summed E-state index contributed by atoms with van der Waals surface area (Å²) in [6.07, 6.45) is 2.60. The van der Waals surface area contributed by atoms with E-state index in [2.05, 4.69) is 22.8 Å². The van der Waals surface area contributed by atoms with Gasteiger partial charge in [-0.1, -0.05) is 30.3 Å². The lowest BCUT2D eigenvalue weighted by Gasteiger charge is -2.31. The van der Waals surface area contributed by atoms with Crippen LogP contribution in [0.2, 0.25) is 0 Å². The van der Waals surface area contributed by atoms with E-state index in [9.17, 15) is 14.4 Å². The zero-order chi connectivity index (χ0) is 19.5. The summed E-state index contributed by atoms with van der Waals surface area (Å²) in [5.74, 6) is -0.533. The van der Waals surface area contributed by atoms with Crippen molar-refractivity contribution in [2.45, 2.75) is 45.1 Å². The van der Waals surface area contributed by atoms with Crippen LogP contribution in [-0.4, -0.2) is 55.1 Å². The van der Waals surface area contributed by atoms with E-state index in [1.165, 1.54) is 5.56 Å². The number of ether oxygens (including phenoxy) is 1. The van der Waals surface area contributed by atoms with Crippen LogP contribution in [0, 0.1) is 0 Å². The third kappa shape index (κ3) is 7.68. The van der Waals surface area contributed by atoms with Gasteiger partial charge in [0.1, 0.15) is 6.42 Å². The van der Waals surface area contributed by atoms with Crippen molar-refractivity contribution in [3.8, 4) is 0 Å². The number of nitrogens with zero attached hydrogens (tertiary/aromatic N) is 1. The van der Waals surface area contributed by atoms with Crippen molar-refractivity contribution in [3.05, 3.63) is 35.9 Å². The molecule has 2 N–H and O–H groups in total. The largest absolute Gasteiger partial charge is 0.450 e. The number of amides is 3. The highest BCUT2D eigenvalue weighted by Crippen LogP contribution is 2.11. The average molecular weight is 375 g/mol. The van der Waals surface area contributed by atoms with E-state index in [0.29, 0.717) is 39.1 Å². The van der Waals surface area contributed by atoms with Crippen molar-refractivity contribution in [2.24, 2.45) is 0 Å². The average Bonchev–Trinajstić information content (AvgIpc) is 2.67. The Balaban J connectivity index is 1.57. The Labute approximate surface area is 160 Å². The molecule has 1 aromatic carbocycles. The summed E-state index contributed by atoms with van der Waals surface area (Å²) in [5, 5.41) is 5.67. The molecular weight excluding hydrogens is 346 g/mol. The van der Waals surface area contributed by atoms with E-state index in [0.717, 1.165) is 12.8 Å². The predicted octanol–water partition coefficient (Wildman–Crippen LogP) is 1.86. The maximum atomic E-state index is 12.0. The fourth-order valence-corrected chi connectivity index (χ4v) is 3.07. The second kappa shape index (κ2) is 11.2. The molecular formula is C20H29N3O4. The van der Waals surface area contributed by atoms with Crippen LogP contribution in [-0.2, 0) is 20.7 Å². The Morgan fingerprint density at radius 1 is 1.11 bits per heavy atom. The standard InChI is InChI=1S/C20H29N3O4/c1-2-27-20(26)23-13-10-17(11-14-23)22-19(25)15-18(24)21-12-6-9-16-7-4-3-5-8-16/h3-5,7-8,17H,2,6,9-15H2,1H3,(H,21,24)(H,22,25). The minimum Gasteiger partial charge on any atom is -0.450 e. The molecule has 1 fully saturated rings. The number of likely N-dealkylation sites (tertiary alicyclic amines) is 1. The van der Waals surface area contributed by atoms with Crippen LogP contribution in [0.1, 0.15) is 38.2 Å². The molecule has 1 heterocycles. The number of piperidine rings is 1. The number of benzene rings is 1. The Bertz CT molecular complexity index is 613. The maximum absolute atomic E-state index is 12.0. The van der Waals surface area contributed by atoms with Crippen molar-refractivity contribution in [3.63, 3.8) is 0 Å². The first-order chi connectivity index (χ1) is 13.1. The Morgan fingerprint density at radius 3 is 2.48 bits per heavy atom. The van der Waals surface area contributed by atoms with Crippen LogP contribution in [0.3, 0.4) is 0 Å². The SMILES string of the molecule is CCOC(=O)N1CCC(NC(=O)CC(=O)NCCCc2ccccc2)CC1. The van der Waals surface area contributed by atoms with E-state index in [4.69, 9.17) is 4.74 Å². The highest BCUT2D eigenvalue weighted by molar-refractivity contribution is 5.96. The van der Waals surface area contributed by atoms with Crippen molar-refractivity contribution in [2.75, 3.05) is 26.2 Å². The maximum Gasteiger partial charge on any atom is 0.409 e. The summed E-state index contributed by atoms with van der Waals surface area (Å²) in [4.78, 5) is 37.2. The lowest BCUT2D eigenvalue weighted by Crippen LogP contribution is -2.47. The Hall–Kier alpha value is -2.57. The highest BCUT2D eigenvalue weighted by atomic mass is 16.6. The quantitative estimate of drug-likeness (QED) is 0.536. The summed E-state index contributed by atoms with van der Waals surface area (Å²) < 4.78 is 4.97. The first-order valence-electron chi connectivity index (χ1n) is 9.60. The number of hydrogen-bond donors (Lipinski definition) is 2. The molecule has 7 heteroatoms. The highest BCUT2D eigenvalue weighted by Gasteiger charge is 2.24. The molecule has 0 aromatic heterocycles. The molecule has 3 amide bonds. The number of carbonyl (C=O) groups excluding carboxylic acids is 3. The van der Waals surface area contributed by atoms with Gasteiger partial charge in [0.25, 0.3) is 0 Å². The first-order valence-corrected chi connectivity index (χ1v) is 9.60. The second-order valence-corrected chi connectivity index (χ2v) is 6.64. The molecule has 0 bridgehead atoms. The number of aryl methyl sites for hydroxylation is 1. The van der Waals surface area contributed by atoms with Gasteiger partial charge in [-0.05, 0) is 38.2 Å². The van der Waals surface area contributed by atoms with Crippen molar-refractivity contribution in [1.29, 1.82) is 0 Å². The molecule has 0 unspecified atom stereocenters. The van der Waals surface area contributed by atoms with Crippen LogP contribution in [0.25, 0.3) is 0 Å². The minimum absolute atomic E-state index is 0.00550. The van der Waals surface area contributed by atoms with Crippen molar-refractivity contribution in [1.82, 2.24) is 15.5 Å². The van der Waals surface area contributed by atoms with Gasteiger partial charge in [0.15, 0.2) is 0 Å². The monoisotopic (exact) mass is 375 g/mol. The molecule has 2 rings (SSSR count). The molecule has 27 heavy (non-hydrogen) atoms. The van der Waals surface area contributed by atoms with E-state index >= 15 is 0 Å². The van der Waals surface area contributed by atoms with Gasteiger partial charge in [-0.3, -0.25) is 9.59 Å².